The molecule has 78 valence electrons. The summed E-state index contributed by atoms with van der Waals surface area (Å²) in [5.41, 5.74) is 1.81. The highest BCUT2D eigenvalue weighted by Gasteiger charge is 2.13. The predicted molar refractivity (Wildman–Crippen MR) is 56.9 cm³/mol. The predicted octanol–water partition coefficient (Wildman–Crippen LogP) is 2.92. The van der Waals surface area contributed by atoms with E-state index in [1.165, 1.54) is 0 Å². The zero-order valence-corrected chi connectivity index (χ0v) is 8.74. The highest BCUT2D eigenvalue weighted by molar-refractivity contribution is 5.93. The molecule has 1 heterocycles. The van der Waals surface area contributed by atoms with Crippen LogP contribution in [-0.2, 0) is 4.74 Å². The summed E-state index contributed by atoms with van der Waals surface area (Å²) in [6.45, 7) is 4.10. The molecule has 0 bridgehead atoms. The van der Waals surface area contributed by atoms with Crippen molar-refractivity contribution in [3.05, 3.63) is 35.6 Å². The molecule has 0 fully saturated rings. The van der Waals surface area contributed by atoms with Gasteiger partial charge in [0.2, 0.25) is 5.76 Å². The van der Waals surface area contributed by atoms with E-state index in [2.05, 4.69) is 0 Å². The number of furan rings is 1. The molecule has 2 rings (SSSR count). The van der Waals surface area contributed by atoms with Gasteiger partial charge in [0.1, 0.15) is 5.58 Å². The molecule has 0 aliphatic heterocycles. The Morgan fingerprint density at radius 1 is 1.47 bits per heavy atom. The molecule has 0 aliphatic rings. The maximum Gasteiger partial charge on any atom is 0.374 e. The molecule has 0 unspecified atom stereocenters. The molecule has 0 saturated heterocycles. The van der Waals surface area contributed by atoms with Gasteiger partial charge < -0.3 is 9.15 Å². The molecule has 2 aromatic rings. The number of esters is 1. The van der Waals surface area contributed by atoms with Crippen molar-refractivity contribution in [3.63, 3.8) is 0 Å². The SMILES string of the molecule is CCOC(=O)c1cc2c(C)cccc2o1. The van der Waals surface area contributed by atoms with Gasteiger partial charge in [-0.3, -0.25) is 0 Å². The van der Waals surface area contributed by atoms with Crippen LogP contribution in [-0.4, -0.2) is 12.6 Å². The fourth-order valence-corrected chi connectivity index (χ4v) is 1.51. The van der Waals surface area contributed by atoms with Crippen LogP contribution in [0.15, 0.2) is 28.7 Å². The van der Waals surface area contributed by atoms with Gasteiger partial charge in [-0.25, -0.2) is 4.79 Å². The third kappa shape index (κ3) is 1.73. The van der Waals surface area contributed by atoms with E-state index in [9.17, 15) is 4.79 Å². The van der Waals surface area contributed by atoms with Gasteiger partial charge in [0, 0.05) is 5.39 Å². The van der Waals surface area contributed by atoms with Crippen LogP contribution in [0.3, 0.4) is 0 Å². The smallest absolute Gasteiger partial charge is 0.374 e. The lowest BCUT2D eigenvalue weighted by atomic mass is 10.1. The Balaban J connectivity index is 2.47. The van der Waals surface area contributed by atoms with Crippen molar-refractivity contribution < 1.29 is 13.9 Å². The first-order chi connectivity index (χ1) is 7.22. The lowest BCUT2D eigenvalue weighted by Crippen LogP contribution is -2.02. The van der Waals surface area contributed by atoms with E-state index < -0.39 is 5.97 Å². The number of benzene rings is 1. The van der Waals surface area contributed by atoms with E-state index >= 15 is 0 Å². The highest BCUT2D eigenvalue weighted by atomic mass is 16.5. The lowest BCUT2D eigenvalue weighted by molar-refractivity contribution is 0.0492. The van der Waals surface area contributed by atoms with Crippen LogP contribution in [0.2, 0.25) is 0 Å². The Labute approximate surface area is 87.6 Å². The molecular weight excluding hydrogens is 192 g/mol. The highest BCUT2D eigenvalue weighted by Crippen LogP contribution is 2.22. The number of aryl methyl sites for hydroxylation is 1. The molecule has 0 saturated carbocycles. The van der Waals surface area contributed by atoms with Crippen LogP contribution in [0.1, 0.15) is 23.0 Å². The molecule has 15 heavy (non-hydrogen) atoms. The van der Waals surface area contributed by atoms with Gasteiger partial charge in [-0.2, -0.15) is 0 Å². The first kappa shape index (κ1) is 9.77. The van der Waals surface area contributed by atoms with E-state index in [1.807, 2.05) is 25.1 Å². The lowest BCUT2D eigenvalue weighted by Gasteiger charge is -1.95. The minimum absolute atomic E-state index is 0.265. The molecule has 0 N–H and O–H groups in total. The van der Waals surface area contributed by atoms with Gasteiger partial charge in [-0.1, -0.05) is 12.1 Å². The van der Waals surface area contributed by atoms with Crippen molar-refractivity contribution >= 4 is 16.9 Å². The average Bonchev–Trinajstić information content (AvgIpc) is 2.63. The number of fused-ring (bicyclic) bond motifs is 1. The van der Waals surface area contributed by atoms with Crippen LogP contribution in [0.4, 0.5) is 0 Å². The largest absolute Gasteiger partial charge is 0.460 e. The van der Waals surface area contributed by atoms with Crippen LogP contribution in [0.5, 0.6) is 0 Å². The van der Waals surface area contributed by atoms with E-state index in [0.717, 1.165) is 16.5 Å². The molecular formula is C12H12O3. The number of carbonyl (C=O) groups excluding carboxylic acids is 1. The topological polar surface area (TPSA) is 39.4 Å². The molecule has 0 atom stereocenters. The first-order valence-electron chi connectivity index (χ1n) is 4.88. The molecule has 3 heteroatoms. The maximum absolute atomic E-state index is 11.4. The second-order valence-electron chi connectivity index (χ2n) is 3.32. The van der Waals surface area contributed by atoms with Gasteiger partial charge in [0.05, 0.1) is 6.61 Å². The molecule has 1 aromatic heterocycles. The second-order valence-corrected chi connectivity index (χ2v) is 3.32. The second kappa shape index (κ2) is 3.77. The summed E-state index contributed by atoms with van der Waals surface area (Å²) in [4.78, 5) is 11.4. The summed E-state index contributed by atoms with van der Waals surface area (Å²) in [7, 11) is 0. The van der Waals surface area contributed by atoms with E-state index in [-0.39, 0.29) is 5.76 Å². The Morgan fingerprint density at radius 3 is 2.93 bits per heavy atom. The van der Waals surface area contributed by atoms with Crippen LogP contribution < -0.4 is 0 Å². The normalized spacial score (nSPS) is 10.5. The third-order valence-electron chi connectivity index (χ3n) is 2.26. The maximum atomic E-state index is 11.4. The Bertz CT molecular complexity index is 497. The van der Waals surface area contributed by atoms with Crippen molar-refractivity contribution in [3.8, 4) is 0 Å². The summed E-state index contributed by atoms with van der Waals surface area (Å²) in [6.07, 6.45) is 0. The molecule has 0 amide bonds. The van der Waals surface area contributed by atoms with Gasteiger partial charge in [-0.15, -0.1) is 0 Å². The summed E-state index contributed by atoms with van der Waals surface area (Å²) in [5.74, 6) is -0.144. The number of hydrogen-bond acceptors (Lipinski definition) is 3. The van der Waals surface area contributed by atoms with Crippen molar-refractivity contribution in [1.29, 1.82) is 0 Å². The van der Waals surface area contributed by atoms with Crippen LogP contribution in [0, 0.1) is 6.92 Å². The number of hydrogen-bond donors (Lipinski definition) is 0. The van der Waals surface area contributed by atoms with Gasteiger partial charge >= 0.3 is 5.97 Å². The quantitative estimate of drug-likeness (QED) is 0.706. The monoisotopic (exact) mass is 204 g/mol. The summed E-state index contributed by atoms with van der Waals surface area (Å²) in [6, 6.07) is 7.44. The summed E-state index contributed by atoms with van der Waals surface area (Å²) >= 11 is 0. The van der Waals surface area contributed by atoms with Gasteiger partial charge in [0.15, 0.2) is 0 Å². The van der Waals surface area contributed by atoms with Crippen molar-refractivity contribution in [2.75, 3.05) is 6.61 Å². The fourth-order valence-electron chi connectivity index (χ4n) is 1.51. The Kier molecular flexibility index (Phi) is 2.46. The number of rotatable bonds is 2. The standard InChI is InChI=1S/C12H12O3/c1-3-14-12(13)11-7-9-8(2)5-4-6-10(9)15-11/h4-7H,3H2,1-2H3. The fraction of sp³-hybridized carbons (Fsp3) is 0.250. The minimum atomic E-state index is -0.409. The Hall–Kier alpha value is -1.77. The molecule has 0 spiro atoms. The Morgan fingerprint density at radius 2 is 2.27 bits per heavy atom. The third-order valence-corrected chi connectivity index (χ3v) is 2.26. The molecule has 0 aliphatic carbocycles. The molecule has 1 aromatic carbocycles. The zero-order valence-electron chi connectivity index (χ0n) is 8.74. The van der Waals surface area contributed by atoms with Crippen molar-refractivity contribution in [2.45, 2.75) is 13.8 Å². The summed E-state index contributed by atoms with van der Waals surface area (Å²) in [5, 5.41) is 0.959. The minimum Gasteiger partial charge on any atom is -0.460 e. The van der Waals surface area contributed by atoms with E-state index in [4.69, 9.17) is 9.15 Å². The average molecular weight is 204 g/mol. The zero-order chi connectivity index (χ0) is 10.8. The summed E-state index contributed by atoms with van der Waals surface area (Å²) < 4.78 is 10.3. The van der Waals surface area contributed by atoms with E-state index in [0.29, 0.717) is 6.61 Å². The molecule has 0 radical (unpaired) electrons. The van der Waals surface area contributed by atoms with Gasteiger partial charge in [0.25, 0.3) is 0 Å². The van der Waals surface area contributed by atoms with Gasteiger partial charge in [-0.05, 0) is 31.5 Å². The van der Waals surface area contributed by atoms with Crippen LogP contribution in [0.25, 0.3) is 11.0 Å². The van der Waals surface area contributed by atoms with Crippen LogP contribution >= 0.6 is 0 Å². The van der Waals surface area contributed by atoms with Crippen molar-refractivity contribution in [1.82, 2.24) is 0 Å². The number of carbonyl (C=O) groups is 1. The first-order valence-corrected chi connectivity index (χ1v) is 4.88. The van der Waals surface area contributed by atoms with E-state index in [1.54, 1.807) is 13.0 Å². The number of ether oxygens (including phenoxy) is 1. The molecule has 3 nitrogen and oxygen atoms in total. The van der Waals surface area contributed by atoms with Crippen molar-refractivity contribution in [2.24, 2.45) is 0 Å².